The minimum Gasteiger partial charge on any atom is -0.368 e. The van der Waals surface area contributed by atoms with E-state index in [0.29, 0.717) is 13.2 Å². The predicted molar refractivity (Wildman–Crippen MR) is 115 cm³/mol. The van der Waals surface area contributed by atoms with E-state index in [1.165, 1.54) is 0 Å². The molecule has 0 amide bonds. The van der Waals surface area contributed by atoms with Crippen molar-refractivity contribution in [1.29, 1.82) is 0 Å². The van der Waals surface area contributed by atoms with Gasteiger partial charge in [-0.25, -0.2) is 0 Å². The highest BCUT2D eigenvalue weighted by atomic mass is 16.7. The van der Waals surface area contributed by atoms with E-state index >= 15 is 0 Å². The fraction of sp³-hybridized carbons (Fsp3) is 0.320. The molecule has 0 bridgehead atoms. The molecule has 0 saturated carbocycles. The standard InChI is InChI=1S/C25H27NO4/c1-26-15-14-23(27)17-22(26)19-30-25(21-11-6-3-7-12-21)24(13-8-16-29-25)28-18-20-9-4-2-5-10-20/h2-7,9-12,14-15,17,24H,8,13,16,18-19H2,1H3. The predicted octanol–water partition coefficient (Wildman–Crippen LogP) is 4.15. The normalized spacial score (nSPS) is 21.4. The third-order valence-corrected chi connectivity index (χ3v) is 5.48. The van der Waals surface area contributed by atoms with E-state index in [-0.39, 0.29) is 18.1 Å². The number of rotatable bonds is 7. The second kappa shape index (κ2) is 9.39. The van der Waals surface area contributed by atoms with Crippen LogP contribution in [0.25, 0.3) is 0 Å². The maximum atomic E-state index is 11.8. The lowest BCUT2D eigenvalue weighted by Gasteiger charge is -2.43. The van der Waals surface area contributed by atoms with Gasteiger partial charge < -0.3 is 18.8 Å². The molecule has 1 aromatic heterocycles. The Morgan fingerprint density at radius 2 is 1.77 bits per heavy atom. The maximum absolute atomic E-state index is 11.8. The van der Waals surface area contributed by atoms with E-state index in [1.54, 1.807) is 18.3 Å². The fourth-order valence-corrected chi connectivity index (χ4v) is 3.82. The highest BCUT2D eigenvalue weighted by molar-refractivity contribution is 5.23. The Balaban J connectivity index is 1.62. The van der Waals surface area contributed by atoms with Crippen LogP contribution in [0.2, 0.25) is 0 Å². The summed E-state index contributed by atoms with van der Waals surface area (Å²) in [6, 6.07) is 23.2. The summed E-state index contributed by atoms with van der Waals surface area (Å²) < 4.78 is 21.0. The van der Waals surface area contributed by atoms with Crippen LogP contribution < -0.4 is 5.43 Å². The van der Waals surface area contributed by atoms with Gasteiger partial charge in [0.05, 0.1) is 19.8 Å². The topological polar surface area (TPSA) is 49.7 Å². The summed E-state index contributed by atoms with van der Waals surface area (Å²) in [6.07, 6.45) is 3.22. The molecule has 0 spiro atoms. The highest BCUT2D eigenvalue weighted by Crippen LogP contribution is 2.39. The van der Waals surface area contributed by atoms with Gasteiger partial charge >= 0.3 is 0 Å². The Morgan fingerprint density at radius 3 is 2.53 bits per heavy atom. The molecule has 156 valence electrons. The van der Waals surface area contributed by atoms with Gasteiger partial charge in [-0.1, -0.05) is 60.7 Å². The number of nitrogens with zero attached hydrogens (tertiary/aromatic N) is 1. The Kier molecular flexibility index (Phi) is 6.43. The van der Waals surface area contributed by atoms with Crippen molar-refractivity contribution in [2.24, 2.45) is 7.05 Å². The first kappa shape index (κ1) is 20.5. The second-order valence-electron chi connectivity index (χ2n) is 7.56. The minimum absolute atomic E-state index is 0.0399. The molecule has 0 radical (unpaired) electrons. The molecule has 2 heterocycles. The number of pyridine rings is 1. The van der Waals surface area contributed by atoms with Crippen LogP contribution in [0, 0.1) is 0 Å². The summed E-state index contributed by atoms with van der Waals surface area (Å²) in [5, 5.41) is 0. The lowest BCUT2D eigenvalue weighted by molar-refractivity contribution is -0.326. The largest absolute Gasteiger partial charge is 0.368 e. The molecular weight excluding hydrogens is 378 g/mol. The number of hydrogen-bond donors (Lipinski definition) is 0. The lowest BCUT2D eigenvalue weighted by Crippen LogP contribution is -2.49. The van der Waals surface area contributed by atoms with E-state index in [1.807, 2.05) is 60.1 Å². The number of hydrogen-bond acceptors (Lipinski definition) is 4. The molecule has 2 aromatic carbocycles. The molecular formula is C25H27NO4. The SMILES string of the molecule is Cn1ccc(=O)cc1COC1(c2ccccc2)OCCCC1OCc1ccccc1. The van der Waals surface area contributed by atoms with Gasteiger partial charge in [-0.05, 0) is 18.4 Å². The van der Waals surface area contributed by atoms with Gasteiger partial charge in [0.2, 0.25) is 5.79 Å². The number of benzene rings is 2. The van der Waals surface area contributed by atoms with Crippen LogP contribution in [0.3, 0.4) is 0 Å². The van der Waals surface area contributed by atoms with Crippen molar-refractivity contribution in [1.82, 2.24) is 4.57 Å². The average molecular weight is 405 g/mol. The molecule has 5 nitrogen and oxygen atoms in total. The highest BCUT2D eigenvalue weighted by Gasteiger charge is 2.46. The van der Waals surface area contributed by atoms with Gasteiger partial charge in [0.15, 0.2) is 5.43 Å². The molecule has 3 aromatic rings. The second-order valence-corrected chi connectivity index (χ2v) is 7.56. The van der Waals surface area contributed by atoms with Crippen molar-refractivity contribution in [3.8, 4) is 0 Å². The van der Waals surface area contributed by atoms with Crippen LogP contribution in [0.1, 0.15) is 29.7 Å². The molecule has 5 heteroatoms. The molecule has 2 unspecified atom stereocenters. The van der Waals surface area contributed by atoms with Crippen LogP contribution >= 0.6 is 0 Å². The first-order chi connectivity index (χ1) is 14.7. The van der Waals surface area contributed by atoms with Crippen molar-refractivity contribution in [2.45, 2.75) is 37.9 Å². The zero-order valence-corrected chi connectivity index (χ0v) is 17.2. The molecule has 2 atom stereocenters. The number of aryl methyl sites for hydroxylation is 1. The summed E-state index contributed by atoms with van der Waals surface area (Å²) in [4.78, 5) is 11.8. The van der Waals surface area contributed by atoms with Gasteiger partial charge in [-0.15, -0.1) is 0 Å². The summed E-state index contributed by atoms with van der Waals surface area (Å²) in [6.45, 7) is 1.32. The minimum atomic E-state index is -1.03. The van der Waals surface area contributed by atoms with Crippen molar-refractivity contribution >= 4 is 0 Å². The van der Waals surface area contributed by atoms with Crippen molar-refractivity contribution < 1.29 is 14.2 Å². The average Bonchev–Trinajstić information content (AvgIpc) is 2.80. The van der Waals surface area contributed by atoms with Crippen LogP contribution in [0.15, 0.2) is 83.8 Å². The summed E-state index contributed by atoms with van der Waals surface area (Å²) in [7, 11) is 1.90. The van der Waals surface area contributed by atoms with Crippen molar-refractivity contribution in [3.05, 3.63) is 106 Å². The van der Waals surface area contributed by atoms with Gasteiger partial charge in [0.1, 0.15) is 6.10 Å². The van der Waals surface area contributed by atoms with E-state index in [4.69, 9.17) is 14.2 Å². The van der Waals surface area contributed by atoms with Crippen LogP contribution in [-0.4, -0.2) is 17.3 Å². The quantitative estimate of drug-likeness (QED) is 0.593. The Bertz CT molecular complexity index is 1000. The maximum Gasteiger partial charge on any atom is 0.222 e. The zero-order valence-electron chi connectivity index (χ0n) is 17.2. The third-order valence-electron chi connectivity index (χ3n) is 5.48. The summed E-state index contributed by atoms with van der Waals surface area (Å²) in [5.74, 6) is -1.03. The van der Waals surface area contributed by atoms with E-state index in [0.717, 1.165) is 29.7 Å². The Hall–Kier alpha value is -2.73. The molecule has 0 aliphatic carbocycles. The summed E-state index contributed by atoms with van der Waals surface area (Å²) in [5.41, 5.74) is 2.77. The molecule has 4 rings (SSSR count). The number of ether oxygens (including phenoxy) is 3. The Labute approximate surface area is 176 Å². The van der Waals surface area contributed by atoms with Crippen LogP contribution in [-0.2, 0) is 40.3 Å². The molecule has 0 N–H and O–H groups in total. The Morgan fingerprint density at radius 1 is 1.03 bits per heavy atom. The molecule has 1 aliphatic heterocycles. The van der Waals surface area contributed by atoms with Gasteiger partial charge in [0.25, 0.3) is 0 Å². The third kappa shape index (κ3) is 4.54. The fourth-order valence-electron chi connectivity index (χ4n) is 3.82. The smallest absolute Gasteiger partial charge is 0.222 e. The summed E-state index contributed by atoms with van der Waals surface area (Å²) >= 11 is 0. The molecule has 1 fully saturated rings. The van der Waals surface area contributed by atoms with Crippen LogP contribution in [0.5, 0.6) is 0 Å². The van der Waals surface area contributed by atoms with Gasteiger partial charge in [-0.2, -0.15) is 0 Å². The zero-order chi connectivity index (χ0) is 20.8. The van der Waals surface area contributed by atoms with E-state index in [9.17, 15) is 4.79 Å². The number of aromatic nitrogens is 1. The molecule has 1 aliphatic rings. The van der Waals surface area contributed by atoms with E-state index in [2.05, 4.69) is 12.1 Å². The molecule has 30 heavy (non-hydrogen) atoms. The van der Waals surface area contributed by atoms with Gasteiger partial charge in [0, 0.05) is 36.6 Å². The molecule has 1 saturated heterocycles. The van der Waals surface area contributed by atoms with E-state index < -0.39 is 5.79 Å². The first-order valence-corrected chi connectivity index (χ1v) is 10.3. The first-order valence-electron chi connectivity index (χ1n) is 10.3. The van der Waals surface area contributed by atoms with Crippen molar-refractivity contribution in [3.63, 3.8) is 0 Å². The van der Waals surface area contributed by atoms with Gasteiger partial charge in [-0.3, -0.25) is 4.79 Å². The van der Waals surface area contributed by atoms with Crippen LogP contribution in [0.4, 0.5) is 0 Å². The lowest BCUT2D eigenvalue weighted by atomic mass is 9.93. The monoisotopic (exact) mass is 405 g/mol. The van der Waals surface area contributed by atoms with Crippen molar-refractivity contribution in [2.75, 3.05) is 6.61 Å².